The summed E-state index contributed by atoms with van der Waals surface area (Å²) in [6.07, 6.45) is 2.40. The van der Waals surface area contributed by atoms with E-state index in [1.807, 2.05) is 6.07 Å². The lowest BCUT2D eigenvalue weighted by atomic mass is 10.2. The summed E-state index contributed by atoms with van der Waals surface area (Å²) in [6.45, 7) is 2.84. The first-order chi connectivity index (χ1) is 12.6. The number of anilines is 1. The summed E-state index contributed by atoms with van der Waals surface area (Å²) < 4.78 is 11.1. The van der Waals surface area contributed by atoms with Crippen LogP contribution in [0.15, 0.2) is 35.7 Å². The first-order valence-electron chi connectivity index (χ1n) is 8.75. The van der Waals surface area contributed by atoms with Crippen molar-refractivity contribution in [2.24, 2.45) is 0 Å². The molecule has 1 aromatic heterocycles. The molecule has 140 valence electrons. The number of carbonyl (C=O) groups is 1. The van der Waals surface area contributed by atoms with Crippen LogP contribution in [0, 0.1) is 0 Å². The highest BCUT2D eigenvalue weighted by molar-refractivity contribution is 7.09. The van der Waals surface area contributed by atoms with Gasteiger partial charge in [-0.05, 0) is 42.5 Å². The first kappa shape index (κ1) is 19.2. The summed E-state index contributed by atoms with van der Waals surface area (Å²) in [7, 11) is 1.57. The number of hydrogen-bond acceptors (Lipinski definition) is 4. The molecule has 7 heteroatoms. The highest BCUT2D eigenvalue weighted by Crippen LogP contribution is 2.27. The predicted molar refractivity (Wildman–Crippen MR) is 104 cm³/mol. The van der Waals surface area contributed by atoms with Gasteiger partial charge in [-0.15, -0.1) is 11.3 Å². The van der Waals surface area contributed by atoms with Crippen LogP contribution >= 0.6 is 22.9 Å². The number of amides is 1. The van der Waals surface area contributed by atoms with E-state index in [1.165, 1.54) is 9.78 Å². The number of nitrogens with one attached hydrogen (secondary N) is 2. The molecule has 1 aromatic carbocycles. The Labute approximate surface area is 162 Å². The van der Waals surface area contributed by atoms with Crippen molar-refractivity contribution in [2.45, 2.75) is 25.5 Å². The maximum Gasteiger partial charge on any atom is 0.279 e. The number of carbonyl (C=O) groups excluding carboxylic acids is 1. The van der Waals surface area contributed by atoms with Crippen molar-refractivity contribution in [3.05, 3.63) is 45.6 Å². The number of benzene rings is 1. The van der Waals surface area contributed by atoms with E-state index in [0.29, 0.717) is 23.0 Å². The SMILES string of the molecule is COc1ccc(Cl)cc1NC(=O)C[NH+](Cc1cccs1)C[C@@H]1CCCO1. The maximum atomic E-state index is 12.6. The zero-order valence-corrected chi connectivity index (χ0v) is 16.4. The van der Waals surface area contributed by atoms with Gasteiger partial charge in [-0.25, -0.2) is 0 Å². The molecule has 26 heavy (non-hydrogen) atoms. The van der Waals surface area contributed by atoms with Gasteiger partial charge in [0.25, 0.3) is 5.91 Å². The molecule has 2 atom stereocenters. The molecule has 1 saturated heterocycles. The Morgan fingerprint density at radius 1 is 1.46 bits per heavy atom. The molecule has 0 spiro atoms. The van der Waals surface area contributed by atoms with E-state index in [2.05, 4.69) is 16.8 Å². The number of halogens is 1. The van der Waals surface area contributed by atoms with Crippen LogP contribution in [0.1, 0.15) is 17.7 Å². The second-order valence-corrected chi connectivity index (χ2v) is 7.88. The van der Waals surface area contributed by atoms with Gasteiger partial charge in [0.05, 0.1) is 17.7 Å². The van der Waals surface area contributed by atoms with E-state index in [0.717, 1.165) is 32.5 Å². The molecule has 0 saturated carbocycles. The fraction of sp³-hybridized carbons (Fsp3) is 0.421. The molecule has 0 bridgehead atoms. The van der Waals surface area contributed by atoms with Crippen molar-refractivity contribution in [3.63, 3.8) is 0 Å². The Balaban J connectivity index is 1.65. The van der Waals surface area contributed by atoms with Crippen LogP contribution in [0.4, 0.5) is 5.69 Å². The smallest absolute Gasteiger partial charge is 0.279 e. The van der Waals surface area contributed by atoms with E-state index < -0.39 is 0 Å². The minimum absolute atomic E-state index is 0.0601. The maximum absolute atomic E-state index is 12.6. The van der Waals surface area contributed by atoms with E-state index in [-0.39, 0.29) is 12.0 Å². The first-order valence-corrected chi connectivity index (χ1v) is 10.0. The third-order valence-corrected chi connectivity index (χ3v) is 5.50. The molecule has 1 aliphatic rings. The van der Waals surface area contributed by atoms with Crippen molar-refractivity contribution in [2.75, 3.05) is 32.1 Å². The number of rotatable bonds is 8. The van der Waals surface area contributed by atoms with Gasteiger partial charge in [-0.2, -0.15) is 0 Å². The Kier molecular flexibility index (Phi) is 6.91. The van der Waals surface area contributed by atoms with Crippen molar-refractivity contribution in [3.8, 4) is 5.75 Å². The molecule has 5 nitrogen and oxygen atoms in total. The molecule has 1 unspecified atom stereocenters. The number of ether oxygens (including phenoxy) is 2. The lowest BCUT2D eigenvalue weighted by molar-refractivity contribution is -0.908. The minimum atomic E-state index is -0.0601. The highest BCUT2D eigenvalue weighted by Gasteiger charge is 2.24. The average molecular weight is 396 g/mol. The summed E-state index contributed by atoms with van der Waals surface area (Å²) in [6, 6.07) is 9.35. The lowest BCUT2D eigenvalue weighted by Gasteiger charge is -2.21. The molecule has 1 amide bonds. The Morgan fingerprint density at radius 2 is 2.35 bits per heavy atom. The van der Waals surface area contributed by atoms with Crippen LogP contribution in [-0.4, -0.2) is 38.8 Å². The van der Waals surface area contributed by atoms with Crippen LogP contribution in [0.2, 0.25) is 5.02 Å². The topological polar surface area (TPSA) is 52.0 Å². The zero-order chi connectivity index (χ0) is 18.4. The largest absolute Gasteiger partial charge is 0.495 e. The minimum Gasteiger partial charge on any atom is -0.495 e. The highest BCUT2D eigenvalue weighted by atomic mass is 35.5. The Hall–Kier alpha value is -1.60. The molecule has 3 rings (SSSR count). The fourth-order valence-electron chi connectivity index (χ4n) is 3.19. The molecular formula is C19H24ClN2O3S+. The standard InChI is InChI=1S/C19H23ClN2O3S/c1-24-18-7-6-14(20)10-17(18)21-19(23)13-22(11-15-4-2-8-25-15)12-16-5-3-9-26-16/h3,5-7,9-10,15H,2,4,8,11-13H2,1H3,(H,21,23)/p+1/t15-/m0/s1. The molecule has 1 fully saturated rings. The second-order valence-electron chi connectivity index (χ2n) is 6.41. The Morgan fingerprint density at radius 3 is 3.04 bits per heavy atom. The molecule has 2 aromatic rings. The van der Waals surface area contributed by atoms with E-state index in [9.17, 15) is 4.79 Å². The molecular weight excluding hydrogens is 372 g/mol. The summed E-state index contributed by atoms with van der Waals surface area (Å²) in [4.78, 5) is 15.1. The Bertz CT molecular complexity index is 718. The van der Waals surface area contributed by atoms with Gasteiger partial charge in [0.15, 0.2) is 6.54 Å². The van der Waals surface area contributed by atoms with Gasteiger partial charge in [0.1, 0.15) is 24.9 Å². The van der Waals surface area contributed by atoms with Crippen molar-refractivity contribution in [1.82, 2.24) is 0 Å². The monoisotopic (exact) mass is 395 g/mol. The van der Waals surface area contributed by atoms with Gasteiger partial charge >= 0.3 is 0 Å². The van der Waals surface area contributed by atoms with E-state index in [4.69, 9.17) is 21.1 Å². The van der Waals surface area contributed by atoms with Crippen molar-refractivity contribution < 1.29 is 19.2 Å². The van der Waals surface area contributed by atoms with Crippen molar-refractivity contribution in [1.29, 1.82) is 0 Å². The summed E-state index contributed by atoms with van der Waals surface area (Å²) in [5, 5.41) is 5.55. The number of thiophene rings is 1. The van der Waals surface area contributed by atoms with Gasteiger partial charge in [-0.3, -0.25) is 4.79 Å². The van der Waals surface area contributed by atoms with Crippen LogP contribution in [-0.2, 0) is 16.1 Å². The molecule has 0 aliphatic carbocycles. The van der Waals surface area contributed by atoms with Gasteiger partial charge in [-0.1, -0.05) is 17.7 Å². The quantitative estimate of drug-likeness (QED) is 0.722. The van der Waals surface area contributed by atoms with Crippen LogP contribution in [0.3, 0.4) is 0 Å². The lowest BCUT2D eigenvalue weighted by Crippen LogP contribution is -3.12. The number of methoxy groups -OCH3 is 1. The average Bonchev–Trinajstić information content (AvgIpc) is 3.29. The number of quaternary nitrogens is 1. The summed E-state index contributed by atoms with van der Waals surface area (Å²) in [5.41, 5.74) is 0.595. The normalized spacial score (nSPS) is 17.8. The number of hydrogen-bond donors (Lipinski definition) is 2. The third kappa shape index (κ3) is 5.45. The van der Waals surface area contributed by atoms with Gasteiger partial charge in [0, 0.05) is 11.6 Å². The molecule has 2 heterocycles. The third-order valence-electron chi connectivity index (χ3n) is 4.39. The van der Waals surface area contributed by atoms with E-state index in [1.54, 1.807) is 36.6 Å². The summed E-state index contributed by atoms with van der Waals surface area (Å²) in [5.74, 6) is 0.539. The molecule has 2 N–H and O–H groups in total. The second kappa shape index (κ2) is 9.37. The fourth-order valence-corrected chi connectivity index (χ4v) is 4.14. The molecule has 1 aliphatic heterocycles. The van der Waals surface area contributed by atoms with Crippen molar-refractivity contribution >= 4 is 34.5 Å². The van der Waals surface area contributed by atoms with Gasteiger partial charge < -0.3 is 19.7 Å². The predicted octanol–water partition coefficient (Wildman–Crippen LogP) is 2.61. The van der Waals surface area contributed by atoms with Crippen LogP contribution < -0.4 is 15.0 Å². The van der Waals surface area contributed by atoms with E-state index >= 15 is 0 Å². The molecule has 0 radical (unpaired) electrons. The van der Waals surface area contributed by atoms with Crippen LogP contribution in [0.5, 0.6) is 5.75 Å². The van der Waals surface area contributed by atoms with Gasteiger partial charge in [0.2, 0.25) is 0 Å². The van der Waals surface area contributed by atoms with Crippen LogP contribution in [0.25, 0.3) is 0 Å². The summed E-state index contributed by atoms with van der Waals surface area (Å²) >= 11 is 7.76. The zero-order valence-electron chi connectivity index (χ0n) is 14.8.